The van der Waals surface area contributed by atoms with Gasteiger partial charge in [0.2, 0.25) is 0 Å². The van der Waals surface area contributed by atoms with Gasteiger partial charge in [0.25, 0.3) is 0 Å². The van der Waals surface area contributed by atoms with Crippen molar-refractivity contribution in [1.29, 1.82) is 0 Å². The number of aromatic nitrogens is 2. The molecule has 0 fully saturated rings. The first kappa shape index (κ1) is 17.7. The van der Waals surface area contributed by atoms with E-state index in [1.165, 1.54) is 25.0 Å². The van der Waals surface area contributed by atoms with E-state index in [0.29, 0.717) is 6.04 Å². The molecule has 1 rings (SSSR count). The minimum Gasteiger partial charge on any atom is -0.314 e. The molecule has 0 bridgehead atoms. The quantitative estimate of drug-likeness (QED) is 0.708. The first-order chi connectivity index (χ1) is 9.58. The maximum atomic E-state index is 4.48. The molecule has 0 aliphatic rings. The van der Waals surface area contributed by atoms with Gasteiger partial charge in [0.1, 0.15) is 0 Å². The van der Waals surface area contributed by atoms with Crippen molar-refractivity contribution in [3.63, 3.8) is 0 Å². The summed E-state index contributed by atoms with van der Waals surface area (Å²) in [5.41, 5.74) is 1.32. The van der Waals surface area contributed by atoms with Gasteiger partial charge in [0.15, 0.2) is 0 Å². The number of hydrogen-bond acceptors (Lipinski definition) is 3. The molecule has 1 aromatic rings. The number of likely N-dealkylation sites (N-methyl/N-ethyl adjacent to an activating group) is 1. The average Bonchev–Trinajstić information content (AvgIpc) is 2.75. The van der Waals surface area contributed by atoms with Crippen LogP contribution in [0.2, 0.25) is 0 Å². The normalized spacial score (nSPS) is 13.1. The van der Waals surface area contributed by atoms with Crippen molar-refractivity contribution in [1.82, 2.24) is 20.0 Å². The molecule has 0 aromatic carbocycles. The molecule has 0 amide bonds. The van der Waals surface area contributed by atoms with Gasteiger partial charge in [0.05, 0.1) is 22.9 Å². The Hall–Kier alpha value is -0.390. The van der Waals surface area contributed by atoms with E-state index in [1.807, 2.05) is 6.20 Å². The minimum atomic E-state index is 0.620. The summed E-state index contributed by atoms with van der Waals surface area (Å²) in [5, 5.41) is 8.06. The van der Waals surface area contributed by atoms with Crippen LogP contribution >= 0.6 is 15.9 Å². The van der Waals surface area contributed by atoms with Crippen LogP contribution in [-0.2, 0) is 13.0 Å². The van der Waals surface area contributed by atoms with Crippen LogP contribution in [0.3, 0.4) is 0 Å². The molecule has 0 aliphatic heterocycles. The van der Waals surface area contributed by atoms with Crippen molar-refractivity contribution in [2.24, 2.45) is 0 Å². The van der Waals surface area contributed by atoms with Gasteiger partial charge in [-0.05, 0) is 55.8 Å². The second kappa shape index (κ2) is 9.53. The Labute approximate surface area is 132 Å². The third kappa shape index (κ3) is 5.94. The second-order valence-corrected chi connectivity index (χ2v) is 6.40. The summed E-state index contributed by atoms with van der Waals surface area (Å²) in [6.45, 7) is 7.45. The highest BCUT2D eigenvalue weighted by atomic mass is 79.9. The summed E-state index contributed by atoms with van der Waals surface area (Å²) < 4.78 is 3.28. The number of halogens is 1. The summed E-state index contributed by atoms with van der Waals surface area (Å²) in [4.78, 5) is 2.19. The lowest BCUT2D eigenvalue weighted by atomic mass is 10.0. The van der Waals surface area contributed by atoms with Gasteiger partial charge in [0, 0.05) is 12.6 Å². The van der Waals surface area contributed by atoms with Crippen molar-refractivity contribution in [2.45, 2.75) is 52.1 Å². The summed E-state index contributed by atoms with van der Waals surface area (Å²) in [6.07, 6.45) is 6.66. The number of rotatable bonds is 10. The highest BCUT2D eigenvalue weighted by Gasteiger charge is 2.12. The van der Waals surface area contributed by atoms with Gasteiger partial charge >= 0.3 is 0 Å². The smallest absolute Gasteiger partial charge is 0.0635 e. The fourth-order valence-electron chi connectivity index (χ4n) is 2.42. The molecule has 0 spiro atoms. The van der Waals surface area contributed by atoms with E-state index in [4.69, 9.17) is 0 Å². The van der Waals surface area contributed by atoms with Crippen LogP contribution in [0.5, 0.6) is 0 Å². The highest BCUT2D eigenvalue weighted by molar-refractivity contribution is 9.10. The van der Waals surface area contributed by atoms with Crippen LogP contribution in [0.1, 0.15) is 38.8 Å². The molecule has 0 saturated carbocycles. The second-order valence-electron chi connectivity index (χ2n) is 5.55. The first-order valence-electron chi connectivity index (χ1n) is 7.66. The summed E-state index contributed by atoms with van der Waals surface area (Å²) in [6, 6.07) is 0.620. The van der Waals surface area contributed by atoms with E-state index in [-0.39, 0.29) is 0 Å². The van der Waals surface area contributed by atoms with Crippen LogP contribution in [0.25, 0.3) is 0 Å². The lowest BCUT2D eigenvalue weighted by Crippen LogP contribution is -2.29. The third-order valence-electron chi connectivity index (χ3n) is 3.52. The van der Waals surface area contributed by atoms with Crippen LogP contribution in [-0.4, -0.2) is 47.9 Å². The SMILES string of the molecule is CCCC(CCc1c(Br)cnn1CCN(C)C)NCC. The molecule has 1 aromatic heterocycles. The Morgan fingerprint density at radius 2 is 2.10 bits per heavy atom. The van der Waals surface area contributed by atoms with Gasteiger partial charge in [-0.1, -0.05) is 20.3 Å². The first-order valence-corrected chi connectivity index (χ1v) is 8.46. The van der Waals surface area contributed by atoms with Crippen molar-refractivity contribution >= 4 is 15.9 Å². The Balaban J connectivity index is 2.58. The average molecular weight is 345 g/mol. The molecule has 0 aliphatic carbocycles. The predicted octanol–water partition coefficient (Wildman–Crippen LogP) is 2.92. The van der Waals surface area contributed by atoms with Crippen molar-refractivity contribution in [3.05, 3.63) is 16.4 Å². The lowest BCUT2D eigenvalue weighted by molar-refractivity contribution is 0.367. The molecule has 1 unspecified atom stereocenters. The molecular weight excluding hydrogens is 316 g/mol. The van der Waals surface area contributed by atoms with E-state index < -0.39 is 0 Å². The fourth-order valence-corrected chi connectivity index (χ4v) is 2.91. The Bertz CT molecular complexity index is 370. The van der Waals surface area contributed by atoms with E-state index in [2.05, 4.69) is 63.9 Å². The molecule has 0 radical (unpaired) electrons. The van der Waals surface area contributed by atoms with Crippen LogP contribution in [0, 0.1) is 0 Å². The molecule has 1 atom stereocenters. The molecule has 5 heteroatoms. The molecule has 0 saturated heterocycles. The number of hydrogen-bond donors (Lipinski definition) is 1. The van der Waals surface area contributed by atoms with Gasteiger partial charge in [-0.2, -0.15) is 5.10 Å². The van der Waals surface area contributed by atoms with Crippen molar-refractivity contribution in [3.8, 4) is 0 Å². The zero-order chi connectivity index (χ0) is 15.0. The molecule has 4 nitrogen and oxygen atoms in total. The van der Waals surface area contributed by atoms with Gasteiger partial charge in [-0.15, -0.1) is 0 Å². The third-order valence-corrected chi connectivity index (χ3v) is 4.18. The summed E-state index contributed by atoms with van der Waals surface area (Å²) >= 11 is 3.63. The standard InChI is InChI=1S/C15H29BrN4/c1-5-7-13(17-6-2)8-9-15-14(16)12-18-20(15)11-10-19(3)4/h12-13,17H,5-11H2,1-4H3. The Morgan fingerprint density at radius 3 is 2.70 bits per heavy atom. The van der Waals surface area contributed by atoms with Gasteiger partial charge in [-0.25, -0.2) is 0 Å². The van der Waals surface area contributed by atoms with E-state index in [0.717, 1.165) is 30.5 Å². The lowest BCUT2D eigenvalue weighted by Gasteiger charge is -2.18. The molecule has 116 valence electrons. The predicted molar refractivity (Wildman–Crippen MR) is 89.2 cm³/mol. The fraction of sp³-hybridized carbons (Fsp3) is 0.800. The van der Waals surface area contributed by atoms with Crippen molar-refractivity contribution < 1.29 is 0 Å². The van der Waals surface area contributed by atoms with Gasteiger partial charge in [-0.3, -0.25) is 4.68 Å². The zero-order valence-electron chi connectivity index (χ0n) is 13.3. The zero-order valence-corrected chi connectivity index (χ0v) is 14.9. The number of nitrogens with one attached hydrogen (secondary N) is 1. The molecule has 1 heterocycles. The van der Waals surface area contributed by atoms with Crippen LogP contribution < -0.4 is 5.32 Å². The molecule has 20 heavy (non-hydrogen) atoms. The maximum Gasteiger partial charge on any atom is 0.0635 e. The minimum absolute atomic E-state index is 0.620. The molecule has 1 N–H and O–H groups in total. The summed E-state index contributed by atoms with van der Waals surface area (Å²) in [5.74, 6) is 0. The van der Waals surface area contributed by atoms with Crippen molar-refractivity contribution in [2.75, 3.05) is 27.2 Å². The molecular formula is C15H29BrN4. The monoisotopic (exact) mass is 344 g/mol. The highest BCUT2D eigenvalue weighted by Crippen LogP contribution is 2.19. The van der Waals surface area contributed by atoms with E-state index >= 15 is 0 Å². The maximum absolute atomic E-state index is 4.48. The van der Waals surface area contributed by atoms with Gasteiger partial charge < -0.3 is 10.2 Å². The van der Waals surface area contributed by atoms with E-state index in [1.54, 1.807) is 0 Å². The van der Waals surface area contributed by atoms with E-state index in [9.17, 15) is 0 Å². The Kier molecular flexibility index (Phi) is 8.41. The largest absolute Gasteiger partial charge is 0.314 e. The van der Waals surface area contributed by atoms with Crippen LogP contribution in [0.4, 0.5) is 0 Å². The summed E-state index contributed by atoms with van der Waals surface area (Å²) in [7, 11) is 4.20. The number of nitrogens with zero attached hydrogens (tertiary/aromatic N) is 3. The Morgan fingerprint density at radius 1 is 1.35 bits per heavy atom. The van der Waals surface area contributed by atoms with Crippen LogP contribution in [0.15, 0.2) is 10.7 Å². The topological polar surface area (TPSA) is 33.1 Å².